The molecule has 1 aliphatic carbocycles. The molecule has 1 N–H and O–H groups in total. The topological polar surface area (TPSA) is 65.5 Å². The number of carbonyl (C=O) groups is 2. The Kier molecular flexibility index (Phi) is 6.67. The first-order chi connectivity index (χ1) is 14.9. The fourth-order valence-corrected chi connectivity index (χ4v) is 5.22. The predicted molar refractivity (Wildman–Crippen MR) is 120 cm³/mol. The van der Waals surface area contributed by atoms with Crippen molar-refractivity contribution in [3.63, 3.8) is 0 Å². The normalized spacial score (nSPS) is 20.2. The standard InChI is InChI=1S/C23H29FN4O2S/c1-15-11-27(7-8-28(15)23(30)17-5-3-4-6-17)12-18-9-19(24)10-20(16(18)2)26-22(29)21-13-31-14-25-21/h9-10,13-15,17H,3-8,11-12H2,1-2H3,(H,26,29). The van der Waals surface area contributed by atoms with Gasteiger partial charge >= 0.3 is 0 Å². The molecule has 2 aromatic rings. The highest BCUT2D eigenvalue weighted by Gasteiger charge is 2.33. The van der Waals surface area contributed by atoms with E-state index in [0.29, 0.717) is 30.4 Å². The second-order valence-electron chi connectivity index (χ2n) is 8.66. The van der Waals surface area contributed by atoms with Crippen molar-refractivity contribution in [1.29, 1.82) is 0 Å². The van der Waals surface area contributed by atoms with Gasteiger partial charge in [-0.05, 0) is 49.9 Å². The minimum atomic E-state index is -0.378. The van der Waals surface area contributed by atoms with Crippen LogP contribution in [0.1, 0.15) is 54.2 Å². The molecule has 1 aromatic heterocycles. The summed E-state index contributed by atoms with van der Waals surface area (Å²) in [5.74, 6) is -0.215. The SMILES string of the molecule is Cc1c(CN2CCN(C(=O)C3CCCC3)C(C)C2)cc(F)cc1NC(=O)c1cscn1. The lowest BCUT2D eigenvalue weighted by Crippen LogP contribution is -2.54. The lowest BCUT2D eigenvalue weighted by Gasteiger charge is -2.41. The van der Waals surface area contributed by atoms with Gasteiger partial charge in [0, 0.05) is 49.2 Å². The van der Waals surface area contributed by atoms with Gasteiger partial charge in [0.2, 0.25) is 5.91 Å². The first-order valence-electron chi connectivity index (χ1n) is 10.9. The zero-order chi connectivity index (χ0) is 22.0. The molecule has 166 valence electrons. The molecule has 8 heteroatoms. The van der Waals surface area contributed by atoms with Crippen LogP contribution in [-0.4, -0.2) is 52.3 Å². The molecule has 1 saturated carbocycles. The minimum Gasteiger partial charge on any atom is -0.337 e. The largest absolute Gasteiger partial charge is 0.337 e. The van der Waals surface area contributed by atoms with E-state index in [1.807, 2.05) is 11.8 Å². The summed E-state index contributed by atoms with van der Waals surface area (Å²) < 4.78 is 14.3. The van der Waals surface area contributed by atoms with E-state index in [-0.39, 0.29) is 23.7 Å². The molecule has 2 amide bonds. The molecule has 0 bridgehead atoms. The summed E-state index contributed by atoms with van der Waals surface area (Å²) >= 11 is 1.34. The lowest BCUT2D eigenvalue weighted by atomic mass is 10.0. The summed E-state index contributed by atoms with van der Waals surface area (Å²) in [6, 6.07) is 3.03. The van der Waals surface area contributed by atoms with Crippen LogP contribution < -0.4 is 5.32 Å². The van der Waals surface area contributed by atoms with Crippen LogP contribution in [0, 0.1) is 18.7 Å². The highest BCUT2D eigenvalue weighted by atomic mass is 32.1. The Balaban J connectivity index is 1.42. The minimum absolute atomic E-state index is 0.138. The fraction of sp³-hybridized carbons (Fsp3) is 0.522. The van der Waals surface area contributed by atoms with Crippen LogP contribution >= 0.6 is 11.3 Å². The van der Waals surface area contributed by atoms with Crippen LogP contribution in [0.4, 0.5) is 10.1 Å². The molecule has 2 aliphatic rings. The predicted octanol–water partition coefficient (Wildman–Crippen LogP) is 4.07. The first kappa shape index (κ1) is 21.9. The Bertz CT molecular complexity index is 943. The maximum absolute atomic E-state index is 14.3. The van der Waals surface area contributed by atoms with E-state index < -0.39 is 0 Å². The molecule has 6 nitrogen and oxygen atoms in total. The number of carbonyl (C=O) groups excluding carboxylic acids is 2. The van der Waals surface area contributed by atoms with E-state index in [2.05, 4.69) is 22.1 Å². The molecule has 1 saturated heterocycles. The molecule has 31 heavy (non-hydrogen) atoms. The van der Waals surface area contributed by atoms with Crippen molar-refractivity contribution in [2.75, 3.05) is 25.0 Å². The molecule has 4 rings (SSSR count). The maximum atomic E-state index is 14.3. The molecule has 1 aliphatic heterocycles. The number of aromatic nitrogens is 1. The van der Waals surface area contributed by atoms with Crippen LogP contribution in [0.15, 0.2) is 23.0 Å². The van der Waals surface area contributed by atoms with Crippen molar-refractivity contribution in [2.45, 2.75) is 52.1 Å². The molecule has 1 atom stereocenters. The Labute approximate surface area is 186 Å². The number of nitrogens with one attached hydrogen (secondary N) is 1. The van der Waals surface area contributed by atoms with E-state index in [0.717, 1.165) is 49.9 Å². The average Bonchev–Trinajstić information content (AvgIpc) is 3.45. The van der Waals surface area contributed by atoms with Gasteiger partial charge in [0.15, 0.2) is 0 Å². The van der Waals surface area contributed by atoms with Crippen molar-refractivity contribution < 1.29 is 14.0 Å². The third kappa shape index (κ3) is 4.96. The second kappa shape index (κ2) is 9.44. The number of benzene rings is 1. The van der Waals surface area contributed by atoms with Crippen molar-refractivity contribution in [3.8, 4) is 0 Å². The van der Waals surface area contributed by atoms with E-state index in [1.54, 1.807) is 10.9 Å². The van der Waals surface area contributed by atoms with Crippen LogP contribution in [0.3, 0.4) is 0 Å². The quantitative estimate of drug-likeness (QED) is 0.755. The van der Waals surface area contributed by atoms with Gasteiger partial charge in [-0.2, -0.15) is 0 Å². The summed E-state index contributed by atoms with van der Waals surface area (Å²) in [5.41, 5.74) is 4.08. The summed E-state index contributed by atoms with van der Waals surface area (Å²) in [4.78, 5) is 33.5. The van der Waals surface area contributed by atoms with E-state index in [9.17, 15) is 14.0 Å². The first-order valence-corrected chi connectivity index (χ1v) is 11.9. The average molecular weight is 445 g/mol. The van der Waals surface area contributed by atoms with E-state index >= 15 is 0 Å². The van der Waals surface area contributed by atoms with Crippen molar-refractivity contribution >= 4 is 28.8 Å². The Morgan fingerprint density at radius 1 is 1.26 bits per heavy atom. The molecule has 1 unspecified atom stereocenters. The summed E-state index contributed by atoms with van der Waals surface area (Å²) in [6.07, 6.45) is 4.35. The van der Waals surface area contributed by atoms with Crippen molar-refractivity contribution in [3.05, 3.63) is 45.7 Å². The van der Waals surface area contributed by atoms with Gasteiger partial charge < -0.3 is 10.2 Å². The number of hydrogen-bond acceptors (Lipinski definition) is 5. The molecule has 2 fully saturated rings. The lowest BCUT2D eigenvalue weighted by molar-refractivity contribution is -0.140. The Morgan fingerprint density at radius 2 is 2.03 bits per heavy atom. The monoisotopic (exact) mass is 444 g/mol. The third-order valence-electron chi connectivity index (χ3n) is 6.49. The number of halogens is 1. The Morgan fingerprint density at radius 3 is 2.71 bits per heavy atom. The zero-order valence-electron chi connectivity index (χ0n) is 18.1. The molecule has 1 aromatic carbocycles. The van der Waals surface area contributed by atoms with Gasteiger partial charge in [-0.3, -0.25) is 14.5 Å². The Hall–Kier alpha value is -2.32. The smallest absolute Gasteiger partial charge is 0.275 e. The molecule has 0 radical (unpaired) electrons. The summed E-state index contributed by atoms with van der Waals surface area (Å²) in [5, 5.41) is 4.45. The molecule has 2 heterocycles. The number of piperazine rings is 1. The number of nitrogens with zero attached hydrogens (tertiary/aromatic N) is 3. The number of anilines is 1. The van der Waals surface area contributed by atoms with Crippen LogP contribution in [0.5, 0.6) is 0 Å². The molecular weight excluding hydrogens is 415 g/mol. The van der Waals surface area contributed by atoms with Crippen LogP contribution in [0.25, 0.3) is 0 Å². The highest BCUT2D eigenvalue weighted by Crippen LogP contribution is 2.29. The highest BCUT2D eigenvalue weighted by molar-refractivity contribution is 7.07. The van der Waals surface area contributed by atoms with Gasteiger partial charge in [0.05, 0.1) is 5.51 Å². The molecular formula is C23H29FN4O2S. The number of amides is 2. The van der Waals surface area contributed by atoms with Crippen LogP contribution in [0.2, 0.25) is 0 Å². The van der Waals surface area contributed by atoms with Gasteiger partial charge in [-0.25, -0.2) is 9.37 Å². The second-order valence-corrected chi connectivity index (χ2v) is 9.38. The van der Waals surface area contributed by atoms with Crippen molar-refractivity contribution in [2.24, 2.45) is 5.92 Å². The maximum Gasteiger partial charge on any atom is 0.275 e. The number of hydrogen-bond donors (Lipinski definition) is 1. The summed E-state index contributed by atoms with van der Waals surface area (Å²) in [7, 11) is 0. The summed E-state index contributed by atoms with van der Waals surface area (Å²) in [6.45, 7) is 6.80. The zero-order valence-corrected chi connectivity index (χ0v) is 18.9. The number of rotatable bonds is 5. The molecule has 0 spiro atoms. The van der Waals surface area contributed by atoms with E-state index in [4.69, 9.17) is 0 Å². The van der Waals surface area contributed by atoms with Gasteiger partial charge in [0.25, 0.3) is 5.91 Å². The van der Waals surface area contributed by atoms with Crippen LogP contribution in [-0.2, 0) is 11.3 Å². The van der Waals surface area contributed by atoms with Gasteiger partial charge in [0.1, 0.15) is 11.5 Å². The van der Waals surface area contributed by atoms with E-state index in [1.165, 1.54) is 23.5 Å². The van der Waals surface area contributed by atoms with Crippen molar-refractivity contribution in [1.82, 2.24) is 14.8 Å². The number of thiazole rings is 1. The third-order valence-corrected chi connectivity index (χ3v) is 7.07. The fourth-order valence-electron chi connectivity index (χ4n) is 4.69. The van der Waals surface area contributed by atoms with Gasteiger partial charge in [-0.1, -0.05) is 12.8 Å². The van der Waals surface area contributed by atoms with Gasteiger partial charge in [-0.15, -0.1) is 11.3 Å².